The molecule has 0 radical (unpaired) electrons. The predicted molar refractivity (Wildman–Crippen MR) is 145 cm³/mol. The van der Waals surface area contributed by atoms with Gasteiger partial charge in [0.2, 0.25) is 0 Å². The lowest BCUT2D eigenvalue weighted by atomic mass is 9.95. The third-order valence-corrected chi connectivity index (χ3v) is 7.17. The van der Waals surface area contributed by atoms with E-state index in [2.05, 4.69) is 15.8 Å². The third kappa shape index (κ3) is 6.99. The first-order valence-electron chi connectivity index (χ1n) is 12.4. The molecule has 39 heavy (non-hydrogen) atoms. The van der Waals surface area contributed by atoms with Crippen molar-refractivity contribution in [2.75, 3.05) is 19.0 Å². The molecule has 4 rings (SSSR count). The summed E-state index contributed by atoms with van der Waals surface area (Å²) in [7, 11) is 1.49. The minimum atomic E-state index is -0.987. The van der Waals surface area contributed by atoms with Crippen molar-refractivity contribution in [2.45, 2.75) is 39.2 Å². The summed E-state index contributed by atoms with van der Waals surface area (Å²) in [6.45, 7) is 2.14. The van der Waals surface area contributed by atoms with Gasteiger partial charge in [-0.1, -0.05) is 12.1 Å². The van der Waals surface area contributed by atoms with Crippen molar-refractivity contribution in [2.24, 2.45) is 5.10 Å². The van der Waals surface area contributed by atoms with Gasteiger partial charge in [0.1, 0.15) is 17.4 Å². The Morgan fingerprint density at radius 3 is 2.56 bits per heavy atom. The van der Waals surface area contributed by atoms with E-state index >= 15 is 0 Å². The SMILES string of the molecule is CCOC(=O)c1c(NC(=O)C(=O)NN=Cc2ccc(OCc3ccc(F)cc3)c(OC)c2)sc2c1CCCC2. The number of hydrazone groups is 1. The fraction of sp³-hybridized carbons (Fsp3) is 0.286. The average Bonchev–Trinajstić information content (AvgIpc) is 3.31. The second-order valence-electron chi connectivity index (χ2n) is 8.61. The van der Waals surface area contributed by atoms with Crippen LogP contribution in [0.25, 0.3) is 0 Å². The van der Waals surface area contributed by atoms with Gasteiger partial charge < -0.3 is 19.5 Å². The summed E-state index contributed by atoms with van der Waals surface area (Å²) < 4.78 is 29.4. The average molecular weight is 554 g/mol. The first-order valence-corrected chi connectivity index (χ1v) is 13.2. The van der Waals surface area contributed by atoms with Crippen molar-refractivity contribution < 1.29 is 33.0 Å². The molecule has 0 atom stereocenters. The topological polar surface area (TPSA) is 115 Å². The molecule has 0 unspecified atom stereocenters. The number of carbonyl (C=O) groups is 3. The highest BCUT2D eigenvalue weighted by atomic mass is 32.1. The normalized spacial score (nSPS) is 12.5. The van der Waals surface area contributed by atoms with Crippen LogP contribution in [0.5, 0.6) is 11.5 Å². The number of esters is 1. The van der Waals surface area contributed by atoms with Crippen LogP contribution in [0.15, 0.2) is 47.6 Å². The summed E-state index contributed by atoms with van der Waals surface area (Å²) in [5, 5.41) is 6.72. The number of thiophene rings is 1. The van der Waals surface area contributed by atoms with Gasteiger partial charge in [-0.25, -0.2) is 14.6 Å². The van der Waals surface area contributed by atoms with Crippen LogP contribution in [-0.2, 0) is 33.8 Å². The fourth-order valence-electron chi connectivity index (χ4n) is 4.07. The van der Waals surface area contributed by atoms with Crippen LogP contribution in [0.1, 0.15) is 51.7 Å². The lowest BCUT2D eigenvalue weighted by Gasteiger charge is -2.12. The summed E-state index contributed by atoms with van der Waals surface area (Å²) in [4.78, 5) is 38.5. The first kappa shape index (κ1) is 27.8. The predicted octanol–water partition coefficient (Wildman–Crippen LogP) is 4.62. The van der Waals surface area contributed by atoms with E-state index in [-0.39, 0.29) is 19.0 Å². The van der Waals surface area contributed by atoms with E-state index in [0.29, 0.717) is 27.6 Å². The molecule has 1 aliphatic carbocycles. The fourth-order valence-corrected chi connectivity index (χ4v) is 5.35. The number of ether oxygens (including phenoxy) is 3. The minimum absolute atomic E-state index is 0.207. The molecule has 0 saturated carbocycles. The molecule has 11 heteroatoms. The van der Waals surface area contributed by atoms with E-state index in [1.807, 2.05) is 0 Å². The molecular formula is C28H28FN3O6S. The van der Waals surface area contributed by atoms with Crippen LogP contribution in [0, 0.1) is 5.82 Å². The minimum Gasteiger partial charge on any atom is -0.493 e. The number of methoxy groups -OCH3 is 1. The second kappa shape index (κ2) is 13.0. The number of hydrogen-bond acceptors (Lipinski definition) is 8. The Hall–Kier alpha value is -4.25. The number of rotatable bonds is 9. The summed E-state index contributed by atoms with van der Waals surface area (Å²) in [5.41, 5.74) is 4.78. The van der Waals surface area contributed by atoms with Gasteiger partial charge in [-0.2, -0.15) is 5.10 Å². The first-order chi connectivity index (χ1) is 18.9. The number of anilines is 1. The number of nitrogens with zero attached hydrogens (tertiary/aromatic N) is 1. The number of nitrogens with one attached hydrogen (secondary N) is 2. The molecule has 204 valence electrons. The van der Waals surface area contributed by atoms with Crippen LogP contribution < -0.4 is 20.2 Å². The van der Waals surface area contributed by atoms with Crippen LogP contribution >= 0.6 is 11.3 Å². The van der Waals surface area contributed by atoms with Crippen molar-refractivity contribution >= 4 is 40.3 Å². The molecule has 1 aromatic heterocycles. The van der Waals surface area contributed by atoms with E-state index < -0.39 is 17.8 Å². The molecule has 1 aliphatic rings. The van der Waals surface area contributed by atoms with E-state index in [4.69, 9.17) is 14.2 Å². The van der Waals surface area contributed by atoms with Gasteiger partial charge in [0.05, 0.1) is 25.5 Å². The molecule has 0 spiro atoms. The van der Waals surface area contributed by atoms with Crippen LogP contribution in [0.4, 0.5) is 9.39 Å². The molecule has 2 N–H and O–H groups in total. The van der Waals surface area contributed by atoms with Crippen molar-refractivity contribution in [1.82, 2.24) is 5.43 Å². The quantitative estimate of drug-likeness (QED) is 0.173. The zero-order chi connectivity index (χ0) is 27.8. The molecule has 0 saturated heterocycles. The number of benzene rings is 2. The molecule has 2 amide bonds. The Bertz CT molecular complexity index is 1390. The Kier molecular flexibility index (Phi) is 9.27. The van der Waals surface area contributed by atoms with Gasteiger partial charge in [0.15, 0.2) is 11.5 Å². The summed E-state index contributed by atoms with van der Waals surface area (Å²) in [6, 6.07) is 11.0. The number of hydrogen-bond donors (Lipinski definition) is 2. The number of carbonyl (C=O) groups excluding carboxylic acids is 3. The highest BCUT2D eigenvalue weighted by Crippen LogP contribution is 2.38. The van der Waals surface area contributed by atoms with Gasteiger partial charge >= 0.3 is 17.8 Å². The number of fused-ring (bicyclic) bond motifs is 1. The van der Waals surface area contributed by atoms with E-state index in [9.17, 15) is 18.8 Å². The molecule has 0 aliphatic heterocycles. The zero-order valence-corrected chi connectivity index (χ0v) is 22.4. The van der Waals surface area contributed by atoms with Crippen molar-refractivity contribution in [1.29, 1.82) is 0 Å². The summed E-state index contributed by atoms with van der Waals surface area (Å²) in [5.74, 6) is -1.87. The standard InChI is InChI=1S/C28H28FN3O6S/c1-3-37-28(35)24-20-6-4-5-7-23(20)39-27(24)31-25(33)26(34)32-30-15-18-10-13-21(22(14-18)36-2)38-16-17-8-11-19(29)12-9-17/h8-15H,3-7,16H2,1-2H3,(H,31,33)(H,32,34). The van der Waals surface area contributed by atoms with Crippen LogP contribution in [0.2, 0.25) is 0 Å². The van der Waals surface area contributed by atoms with Gasteiger partial charge in [0, 0.05) is 4.88 Å². The number of aryl methyl sites for hydroxylation is 1. The van der Waals surface area contributed by atoms with Crippen molar-refractivity contribution in [3.8, 4) is 11.5 Å². The maximum absolute atomic E-state index is 13.1. The summed E-state index contributed by atoms with van der Waals surface area (Å²) >= 11 is 1.30. The van der Waals surface area contributed by atoms with Gasteiger partial charge in [0.25, 0.3) is 0 Å². The largest absolute Gasteiger partial charge is 0.493 e. The van der Waals surface area contributed by atoms with E-state index in [1.54, 1.807) is 37.3 Å². The molecule has 0 bridgehead atoms. The maximum atomic E-state index is 13.1. The molecule has 2 aromatic carbocycles. The van der Waals surface area contributed by atoms with Crippen molar-refractivity contribution in [3.63, 3.8) is 0 Å². The maximum Gasteiger partial charge on any atom is 0.341 e. The highest BCUT2D eigenvalue weighted by Gasteiger charge is 2.28. The zero-order valence-electron chi connectivity index (χ0n) is 21.5. The smallest absolute Gasteiger partial charge is 0.341 e. The Morgan fingerprint density at radius 1 is 1.05 bits per heavy atom. The Morgan fingerprint density at radius 2 is 1.82 bits per heavy atom. The van der Waals surface area contributed by atoms with E-state index in [0.717, 1.165) is 41.7 Å². The molecule has 0 fully saturated rings. The lowest BCUT2D eigenvalue weighted by molar-refractivity contribution is -0.136. The van der Waals surface area contributed by atoms with Gasteiger partial charge in [-0.05, 0) is 79.6 Å². The lowest BCUT2D eigenvalue weighted by Crippen LogP contribution is -2.32. The Labute approximate surface area is 229 Å². The molecule has 9 nitrogen and oxygen atoms in total. The van der Waals surface area contributed by atoms with E-state index in [1.165, 1.54) is 36.8 Å². The third-order valence-electron chi connectivity index (χ3n) is 5.96. The van der Waals surface area contributed by atoms with Crippen molar-refractivity contribution in [3.05, 3.63) is 75.4 Å². The second-order valence-corrected chi connectivity index (χ2v) is 9.72. The molecule has 3 aromatic rings. The van der Waals surface area contributed by atoms with Crippen LogP contribution in [-0.4, -0.2) is 37.7 Å². The number of halogens is 1. The highest BCUT2D eigenvalue weighted by molar-refractivity contribution is 7.17. The summed E-state index contributed by atoms with van der Waals surface area (Å²) in [6.07, 6.45) is 4.85. The Balaban J connectivity index is 1.37. The van der Waals surface area contributed by atoms with Gasteiger partial charge in [-0.3, -0.25) is 9.59 Å². The van der Waals surface area contributed by atoms with Gasteiger partial charge in [-0.15, -0.1) is 11.3 Å². The molecule has 1 heterocycles. The molecular weight excluding hydrogens is 525 g/mol. The van der Waals surface area contributed by atoms with Crippen LogP contribution in [0.3, 0.4) is 0 Å². The number of amides is 2. The monoisotopic (exact) mass is 553 g/mol.